The lowest BCUT2D eigenvalue weighted by Crippen LogP contribution is -2.52. The number of likely N-dealkylation sites (tertiary alicyclic amines) is 1. The normalized spacial score (nSPS) is 18.8. The first-order chi connectivity index (χ1) is 15.0. The van der Waals surface area contributed by atoms with Crippen molar-refractivity contribution in [2.45, 2.75) is 45.8 Å². The number of pyridine rings is 1. The zero-order valence-electron chi connectivity index (χ0n) is 18.2. The maximum atomic E-state index is 13.4. The first-order valence-electron chi connectivity index (χ1n) is 11.1. The summed E-state index contributed by atoms with van der Waals surface area (Å²) < 4.78 is 6.05. The highest BCUT2D eigenvalue weighted by atomic mass is 16.5. The van der Waals surface area contributed by atoms with Gasteiger partial charge in [0.05, 0.1) is 12.2 Å². The maximum absolute atomic E-state index is 13.4. The number of anilines is 1. The third kappa shape index (κ3) is 4.81. The topological polar surface area (TPSA) is 74.8 Å². The molecule has 2 aliphatic rings. The fourth-order valence-corrected chi connectivity index (χ4v) is 4.19. The summed E-state index contributed by atoms with van der Waals surface area (Å²) in [4.78, 5) is 33.7. The molecule has 0 aliphatic carbocycles. The number of hydrogen-bond donors (Lipinski definition) is 1. The molecule has 2 aliphatic heterocycles. The molecule has 0 bridgehead atoms. The smallest absolute Gasteiger partial charge is 0.324 e. The number of carbonyl (C=O) groups is 2. The van der Waals surface area contributed by atoms with Crippen molar-refractivity contribution in [2.75, 3.05) is 24.5 Å². The van der Waals surface area contributed by atoms with Crippen LogP contribution in [0.4, 0.5) is 10.5 Å². The molecule has 164 valence electrons. The molecule has 0 spiro atoms. The Kier molecular flexibility index (Phi) is 6.39. The standard InChI is InChI=1S/C24H30N4O3/c1-3-20-16-28(21-13-17(2)6-7-22(21)31-20)24(30)27-11-8-19(9-12-27)23(29)26-15-18-5-4-10-25-14-18/h4-7,10,13-14,19-20H,3,8-9,11-12,15-16H2,1-2H3,(H,26,29). The summed E-state index contributed by atoms with van der Waals surface area (Å²) in [5, 5.41) is 3.00. The van der Waals surface area contributed by atoms with E-state index in [9.17, 15) is 9.59 Å². The van der Waals surface area contributed by atoms with Gasteiger partial charge in [0, 0.05) is 37.9 Å². The van der Waals surface area contributed by atoms with Gasteiger partial charge in [-0.05, 0) is 55.5 Å². The summed E-state index contributed by atoms with van der Waals surface area (Å²) in [7, 11) is 0. The number of aromatic nitrogens is 1. The molecule has 0 saturated carbocycles. The molecule has 1 N–H and O–H groups in total. The van der Waals surface area contributed by atoms with Crippen molar-refractivity contribution in [3.8, 4) is 5.75 Å². The lowest BCUT2D eigenvalue weighted by atomic mass is 9.96. The predicted octanol–water partition coefficient (Wildman–Crippen LogP) is 3.52. The van der Waals surface area contributed by atoms with E-state index in [4.69, 9.17) is 4.74 Å². The van der Waals surface area contributed by atoms with Crippen molar-refractivity contribution in [3.63, 3.8) is 0 Å². The van der Waals surface area contributed by atoms with E-state index < -0.39 is 0 Å². The summed E-state index contributed by atoms with van der Waals surface area (Å²) in [6.07, 6.45) is 5.66. The minimum Gasteiger partial charge on any atom is -0.486 e. The van der Waals surface area contributed by atoms with Gasteiger partial charge in [0.2, 0.25) is 5.91 Å². The first kappa shape index (κ1) is 21.2. The Morgan fingerprint density at radius 2 is 2.03 bits per heavy atom. The second-order valence-corrected chi connectivity index (χ2v) is 8.35. The highest BCUT2D eigenvalue weighted by Gasteiger charge is 2.34. The molecular weight excluding hydrogens is 392 g/mol. The number of amides is 3. The number of aryl methyl sites for hydroxylation is 1. The zero-order chi connectivity index (χ0) is 21.8. The molecule has 2 aromatic rings. The molecule has 1 aromatic carbocycles. The Morgan fingerprint density at radius 3 is 2.74 bits per heavy atom. The first-order valence-corrected chi connectivity index (χ1v) is 11.1. The third-order valence-corrected chi connectivity index (χ3v) is 6.10. The van der Waals surface area contributed by atoms with Crippen LogP contribution in [0.5, 0.6) is 5.75 Å². The lowest BCUT2D eigenvalue weighted by Gasteiger charge is -2.39. The van der Waals surface area contributed by atoms with Crippen LogP contribution in [0.1, 0.15) is 37.3 Å². The zero-order valence-corrected chi connectivity index (χ0v) is 18.2. The van der Waals surface area contributed by atoms with Crippen LogP contribution in [-0.4, -0.2) is 47.6 Å². The van der Waals surface area contributed by atoms with E-state index in [0.717, 1.165) is 29.0 Å². The molecule has 1 saturated heterocycles. The van der Waals surface area contributed by atoms with Crippen LogP contribution < -0.4 is 15.0 Å². The Hall–Kier alpha value is -3.09. The fourth-order valence-electron chi connectivity index (χ4n) is 4.19. The summed E-state index contributed by atoms with van der Waals surface area (Å²) in [5.41, 5.74) is 2.92. The minimum absolute atomic E-state index is 0.00261. The summed E-state index contributed by atoms with van der Waals surface area (Å²) in [5.74, 6) is 0.749. The van der Waals surface area contributed by atoms with Gasteiger partial charge in [0.1, 0.15) is 11.9 Å². The second kappa shape index (κ2) is 9.37. The monoisotopic (exact) mass is 422 g/mol. The molecule has 0 radical (unpaired) electrons. The molecule has 3 heterocycles. The molecule has 1 aromatic heterocycles. The van der Waals surface area contributed by atoms with Crippen molar-refractivity contribution in [3.05, 3.63) is 53.9 Å². The van der Waals surface area contributed by atoms with Crippen LogP contribution in [0.25, 0.3) is 0 Å². The van der Waals surface area contributed by atoms with Crippen LogP contribution in [0.3, 0.4) is 0 Å². The molecule has 3 amide bonds. The highest BCUT2D eigenvalue weighted by molar-refractivity contribution is 5.94. The SMILES string of the molecule is CCC1CN(C(=O)N2CCC(C(=O)NCc3cccnc3)CC2)c2cc(C)ccc2O1. The molecule has 7 nitrogen and oxygen atoms in total. The number of urea groups is 1. The molecule has 1 unspecified atom stereocenters. The largest absolute Gasteiger partial charge is 0.486 e. The van der Waals surface area contributed by atoms with E-state index in [-0.39, 0.29) is 24.0 Å². The van der Waals surface area contributed by atoms with Crippen LogP contribution in [0, 0.1) is 12.8 Å². The number of ether oxygens (including phenoxy) is 1. The minimum atomic E-state index is -0.0664. The van der Waals surface area contributed by atoms with Crippen molar-refractivity contribution in [2.24, 2.45) is 5.92 Å². The number of carbonyl (C=O) groups excluding carboxylic acids is 2. The number of fused-ring (bicyclic) bond motifs is 1. The van der Waals surface area contributed by atoms with Gasteiger partial charge in [-0.3, -0.25) is 14.7 Å². The van der Waals surface area contributed by atoms with E-state index in [0.29, 0.717) is 39.0 Å². The summed E-state index contributed by atoms with van der Waals surface area (Å²) in [6, 6.07) is 9.78. The number of piperidine rings is 1. The van der Waals surface area contributed by atoms with Gasteiger partial charge in [0.15, 0.2) is 0 Å². The number of benzene rings is 1. The Balaban J connectivity index is 1.36. The quantitative estimate of drug-likeness (QED) is 0.818. The van der Waals surface area contributed by atoms with Crippen molar-refractivity contribution in [1.29, 1.82) is 0 Å². The summed E-state index contributed by atoms with van der Waals surface area (Å²) in [6.45, 7) is 6.29. The van der Waals surface area contributed by atoms with Crippen LogP contribution >= 0.6 is 0 Å². The number of rotatable bonds is 4. The van der Waals surface area contributed by atoms with Gasteiger partial charge in [-0.25, -0.2) is 4.79 Å². The molecule has 7 heteroatoms. The lowest BCUT2D eigenvalue weighted by molar-refractivity contribution is -0.126. The molecule has 1 atom stereocenters. The van der Waals surface area contributed by atoms with Crippen molar-refractivity contribution >= 4 is 17.6 Å². The van der Waals surface area contributed by atoms with Crippen LogP contribution in [0.2, 0.25) is 0 Å². The van der Waals surface area contributed by atoms with Crippen molar-refractivity contribution in [1.82, 2.24) is 15.2 Å². The van der Waals surface area contributed by atoms with E-state index in [1.165, 1.54) is 0 Å². The maximum Gasteiger partial charge on any atom is 0.324 e. The Bertz CT molecular complexity index is 926. The highest BCUT2D eigenvalue weighted by Crippen LogP contribution is 2.36. The number of nitrogens with zero attached hydrogens (tertiary/aromatic N) is 3. The Morgan fingerprint density at radius 1 is 1.23 bits per heavy atom. The van der Waals surface area contributed by atoms with Gasteiger partial charge < -0.3 is 15.0 Å². The van der Waals surface area contributed by atoms with Gasteiger partial charge in [0.25, 0.3) is 0 Å². The molecular formula is C24H30N4O3. The fraction of sp³-hybridized carbons (Fsp3) is 0.458. The van der Waals surface area contributed by atoms with E-state index in [2.05, 4.69) is 17.2 Å². The van der Waals surface area contributed by atoms with Gasteiger partial charge in [-0.1, -0.05) is 19.1 Å². The third-order valence-electron chi connectivity index (χ3n) is 6.10. The van der Waals surface area contributed by atoms with E-state index >= 15 is 0 Å². The number of nitrogens with one attached hydrogen (secondary N) is 1. The van der Waals surface area contributed by atoms with Crippen LogP contribution in [0.15, 0.2) is 42.7 Å². The predicted molar refractivity (Wildman–Crippen MR) is 119 cm³/mol. The average molecular weight is 423 g/mol. The Labute approximate surface area is 183 Å². The van der Waals surface area contributed by atoms with E-state index in [1.807, 2.05) is 47.1 Å². The van der Waals surface area contributed by atoms with Gasteiger partial charge in [-0.15, -0.1) is 0 Å². The van der Waals surface area contributed by atoms with Crippen molar-refractivity contribution < 1.29 is 14.3 Å². The molecule has 1 fully saturated rings. The van der Waals surface area contributed by atoms with Gasteiger partial charge in [-0.2, -0.15) is 0 Å². The number of hydrogen-bond acceptors (Lipinski definition) is 4. The second-order valence-electron chi connectivity index (χ2n) is 8.35. The van der Waals surface area contributed by atoms with Gasteiger partial charge >= 0.3 is 6.03 Å². The summed E-state index contributed by atoms with van der Waals surface area (Å²) >= 11 is 0. The molecule has 4 rings (SSSR count). The molecule has 31 heavy (non-hydrogen) atoms. The van der Waals surface area contributed by atoms with E-state index in [1.54, 1.807) is 12.4 Å². The average Bonchev–Trinajstić information content (AvgIpc) is 2.82. The van der Waals surface area contributed by atoms with Crippen LogP contribution in [-0.2, 0) is 11.3 Å².